The number of aliphatic imine (C=N–C) groups is 2. The van der Waals surface area contributed by atoms with Gasteiger partial charge < -0.3 is 11.5 Å². The summed E-state index contributed by atoms with van der Waals surface area (Å²) in [6, 6.07) is 0. The number of nitrogens with two attached hydrogens (primary N) is 2. The molecule has 0 spiro atoms. The fourth-order valence-corrected chi connectivity index (χ4v) is 2.80. The van der Waals surface area contributed by atoms with Gasteiger partial charge >= 0.3 is 0 Å². The first kappa shape index (κ1) is 34.3. The van der Waals surface area contributed by atoms with Gasteiger partial charge in [-0.1, -0.05) is 102 Å². The average molecular weight is 439 g/mol. The zero-order valence-electron chi connectivity index (χ0n) is 22.1. The second kappa shape index (κ2) is 17.3. The Labute approximate surface area is 196 Å². The van der Waals surface area contributed by atoms with E-state index in [0.29, 0.717) is 16.2 Å². The molecule has 0 radical (unpaired) electrons. The van der Waals surface area contributed by atoms with Gasteiger partial charge in [0.1, 0.15) is 0 Å². The van der Waals surface area contributed by atoms with Crippen molar-refractivity contribution in [1.82, 2.24) is 0 Å². The Kier molecular flexibility index (Phi) is 19.1. The summed E-state index contributed by atoms with van der Waals surface area (Å²) in [6.07, 6.45) is 14.0. The minimum atomic E-state index is 0. The van der Waals surface area contributed by atoms with Crippen molar-refractivity contribution >= 4 is 12.2 Å². The van der Waals surface area contributed by atoms with Gasteiger partial charge in [0.05, 0.1) is 0 Å². The molecule has 0 aromatic rings. The van der Waals surface area contributed by atoms with Crippen molar-refractivity contribution in [3.05, 3.63) is 11.8 Å². The number of hydrogen-bond donors (Lipinski definition) is 2. The van der Waals surface area contributed by atoms with E-state index in [0.717, 1.165) is 32.2 Å². The Morgan fingerprint density at radius 1 is 0.871 bits per heavy atom. The van der Waals surface area contributed by atoms with E-state index in [1.165, 1.54) is 31.4 Å². The highest BCUT2D eigenvalue weighted by Crippen LogP contribution is 2.26. The molecular weight excluding hydrogens is 380 g/mol. The van der Waals surface area contributed by atoms with Gasteiger partial charge in [-0.15, -0.1) is 0 Å². The van der Waals surface area contributed by atoms with Crippen LogP contribution < -0.4 is 11.5 Å². The molecule has 31 heavy (non-hydrogen) atoms. The molecule has 0 atom stereocenters. The Morgan fingerprint density at radius 2 is 1.39 bits per heavy atom. The number of guanidine groups is 1. The zero-order chi connectivity index (χ0) is 23.8. The lowest BCUT2D eigenvalue weighted by molar-refractivity contribution is 0.359. The van der Waals surface area contributed by atoms with Gasteiger partial charge in [-0.3, -0.25) is 9.98 Å². The maximum Gasteiger partial charge on any atom is 0.185 e. The monoisotopic (exact) mass is 438 g/mol. The van der Waals surface area contributed by atoms with E-state index in [2.05, 4.69) is 85.3 Å². The molecular formula is C27H58N4. The first-order chi connectivity index (χ1) is 13.6. The van der Waals surface area contributed by atoms with Gasteiger partial charge in [0.15, 0.2) is 5.96 Å². The maximum atomic E-state index is 5.17. The largest absolute Gasteiger partial charge is 0.370 e. The number of hydrogen-bond acceptors (Lipinski definition) is 2. The minimum Gasteiger partial charge on any atom is -0.370 e. The van der Waals surface area contributed by atoms with E-state index in [1.807, 2.05) is 6.21 Å². The van der Waals surface area contributed by atoms with E-state index in [4.69, 9.17) is 11.5 Å². The number of nitrogens with zero attached hydrogens (tertiary/aromatic N) is 2. The highest BCUT2D eigenvalue weighted by atomic mass is 15.0. The molecule has 0 aromatic carbocycles. The van der Waals surface area contributed by atoms with Gasteiger partial charge in [-0.25, -0.2) is 0 Å². The third-order valence-corrected chi connectivity index (χ3v) is 4.34. The molecule has 186 valence electrons. The third-order valence-electron chi connectivity index (χ3n) is 4.34. The van der Waals surface area contributed by atoms with Crippen LogP contribution >= 0.6 is 0 Å². The Morgan fingerprint density at radius 3 is 1.74 bits per heavy atom. The van der Waals surface area contributed by atoms with Crippen LogP contribution in [0.2, 0.25) is 0 Å². The summed E-state index contributed by atoms with van der Waals surface area (Å²) in [6.45, 7) is 23.3. The van der Waals surface area contributed by atoms with Crippen LogP contribution in [-0.4, -0.2) is 18.7 Å². The lowest BCUT2D eigenvalue weighted by atomic mass is 9.90. The zero-order valence-corrected chi connectivity index (χ0v) is 22.1. The predicted octanol–water partition coefficient (Wildman–Crippen LogP) is 8.12. The SMILES string of the molecule is C.CC(C)(C)CC1=CCC=N1.CC(C)(C)CCCN=C(N)N.CCCCCC(C)(C)C. The van der Waals surface area contributed by atoms with Gasteiger partial charge in [0.2, 0.25) is 0 Å². The summed E-state index contributed by atoms with van der Waals surface area (Å²) in [4.78, 5) is 8.16. The molecule has 0 bridgehead atoms. The lowest BCUT2D eigenvalue weighted by Gasteiger charge is -2.16. The van der Waals surface area contributed by atoms with Crippen LogP contribution in [0.15, 0.2) is 21.8 Å². The first-order valence-corrected chi connectivity index (χ1v) is 11.8. The fraction of sp³-hybridized carbons (Fsp3) is 0.852. The summed E-state index contributed by atoms with van der Waals surface area (Å²) in [5.74, 6) is 0.193. The molecule has 4 heteroatoms. The molecule has 4 N–H and O–H groups in total. The van der Waals surface area contributed by atoms with Crippen molar-refractivity contribution < 1.29 is 0 Å². The Hall–Kier alpha value is -1.32. The summed E-state index contributed by atoms with van der Waals surface area (Å²) in [5.41, 5.74) is 12.9. The predicted molar refractivity (Wildman–Crippen MR) is 145 cm³/mol. The van der Waals surface area contributed by atoms with Gasteiger partial charge in [-0.05, 0) is 41.9 Å². The summed E-state index contributed by atoms with van der Waals surface area (Å²) >= 11 is 0. The quantitative estimate of drug-likeness (QED) is 0.239. The van der Waals surface area contributed by atoms with Crippen LogP contribution in [0.25, 0.3) is 0 Å². The van der Waals surface area contributed by atoms with Crippen molar-refractivity contribution in [3.8, 4) is 0 Å². The Bertz CT molecular complexity index is 505. The second-order valence-electron chi connectivity index (χ2n) is 12.0. The van der Waals surface area contributed by atoms with Crippen LogP contribution in [0.1, 0.15) is 128 Å². The van der Waals surface area contributed by atoms with Crippen molar-refractivity contribution in [2.75, 3.05) is 6.54 Å². The highest BCUT2D eigenvalue weighted by molar-refractivity contribution is 5.75. The van der Waals surface area contributed by atoms with E-state index < -0.39 is 0 Å². The summed E-state index contributed by atoms with van der Waals surface area (Å²) < 4.78 is 0. The van der Waals surface area contributed by atoms with Crippen molar-refractivity contribution in [2.45, 2.75) is 128 Å². The highest BCUT2D eigenvalue weighted by Gasteiger charge is 2.13. The molecule has 0 saturated carbocycles. The number of allylic oxidation sites excluding steroid dienone is 2. The van der Waals surface area contributed by atoms with Crippen molar-refractivity contribution in [1.29, 1.82) is 0 Å². The normalized spacial score (nSPS) is 13.2. The van der Waals surface area contributed by atoms with Gasteiger partial charge in [0.25, 0.3) is 0 Å². The minimum absolute atomic E-state index is 0. The van der Waals surface area contributed by atoms with Crippen LogP contribution in [0.3, 0.4) is 0 Å². The number of unbranched alkanes of at least 4 members (excludes halogenated alkanes) is 2. The molecule has 1 aliphatic heterocycles. The molecule has 1 heterocycles. The molecule has 1 rings (SSSR count). The molecule has 0 aromatic heterocycles. The molecule has 4 nitrogen and oxygen atoms in total. The van der Waals surface area contributed by atoms with Crippen LogP contribution in [0.4, 0.5) is 0 Å². The molecule has 0 aliphatic carbocycles. The average Bonchev–Trinajstić information content (AvgIpc) is 3.02. The number of rotatable bonds is 7. The molecule has 0 saturated heterocycles. The van der Waals surface area contributed by atoms with Crippen molar-refractivity contribution in [2.24, 2.45) is 37.7 Å². The van der Waals surface area contributed by atoms with Crippen LogP contribution in [0, 0.1) is 16.2 Å². The van der Waals surface area contributed by atoms with E-state index in [1.54, 1.807) is 0 Å². The van der Waals surface area contributed by atoms with Crippen LogP contribution in [-0.2, 0) is 0 Å². The Balaban J connectivity index is -0.000000375. The smallest absolute Gasteiger partial charge is 0.185 e. The summed E-state index contributed by atoms with van der Waals surface area (Å²) in [7, 11) is 0. The molecule has 0 amide bonds. The van der Waals surface area contributed by atoms with Crippen molar-refractivity contribution in [3.63, 3.8) is 0 Å². The fourth-order valence-electron chi connectivity index (χ4n) is 2.80. The third kappa shape index (κ3) is 33.5. The standard InChI is InChI=1S/C9H15N.C9H20.C8H19N3.CH4/c1-9(2,3)7-8-5-4-6-10-8;1-5-6-7-8-9(2,3)4;1-8(2,3)5-4-6-11-7(9)10;/h5-6H,4,7H2,1-3H3;5-8H2,1-4H3;4-6H2,1-3H3,(H4,9,10,11);1H4. The second-order valence-corrected chi connectivity index (χ2v) is 12.0. The summed E-state index contributed by atoms with van der Waals surface area (Å²) in [5, 5.41) is 0. The topological polar surface area (TPSA) is 76.8 Å². The van der Waals surface area contributed by atoms with E-state index >= 15 is 0 Å². The van der Waals surface area contributed by atoms with E-state index in [9.17, 15) is 0 Å². The molecule has 0 fully saturated rings. The first-order valence-electron chi connectivity index (χ1n) is 11.8. The lowest BCUT2D eigenvalue weighted by Crippen LogP contribution is -2.23. The van der Waals surface area contributed by atoms with Crippen LogP contribution in [0.5, 0.6) is 0 Å². The van der Waals surface area contributed by atoms with E-state index in [-0.39, 0.29) is 13.4 Å². The maximum absolute atomic E-state index is 5.17. The van der Waals surface area contributed by atoms with Gasteiger partial charge in [0, 0.05) is 24.9 Å². The molecule has 0 unspecified atom stereocenters. The van der Waals surface area contributed by atoms with Gasteiger partial charge in [-0.2, -0.15) is 0 Å². The molecule has 1 aliphatic rings.